The van der Waals surface area contributed by atoms with Gasteiger partial charge in [0.25, 0.3) is 0 Å². The van der Waals surface area contributed by atoms with Crippen LogP contribution in [-0.4, -0.2) is 6.04 Å². The molecule has 60 valence electrons. The van der Waals surface area contributed by atoms with E-state index in [0.29, 0.717) is 11.5 Å². The van der Waals surface area contributed by atoms with Gasteiger partial charge in [-0.15, -0.1) is 0 Å². The predicted octanol–water partition coefficient (Wildman–Crippen LogP) is 2.02. The summed E-state index contributed by atoms with van der Waals surface area (Å²) < 4.78 is 0. The maximum atomic E-state index is 5.92. The van der Waals surface area contributed by atoms with Gasteiger partial charge in [0.1, 0.15) is 0 Å². The van der Waals surface area contributed by atoms with E-state index in [-0.39, 0.29) is 0 Å². The van der Waals surface area contributed by atoms with E-state index in [1.54, 1.807) is 0 Å². The maximum Gasteiger partial charge on any atom is 0.0130 e. The molecule has 10 heavy (non-hydrogen) atoms. The van der Waals surface area contributed by atoms with Gasteiger partial charge < -0.3 is 5.73 Å². The van der Waals surface area contributed by atoms with E-state index in [0.717, 1.165) is 11.8 Å². The van der Waals surface area contributed by atoms with Crippen molar-refractivity contribution in [3.8, 4) is 0 Å². The van der Waals surface area contributed by atoms with Crippen LogP contribution in [0.3, 0.4) is 0 Å². The second-order valence-electron chi connectivity index (χ2n) is 4.26. The zero-order valence-corrected chi connectivity index (χ0v) is 7.52. The van der Waals surface area contributed by atoms with Crippen LogP contribution in [0.1, 0.15) is 34.1 Å². The van der Waals surface area contributed by atoms with Gasteiger partial charge in [0.2, 0.25) is 0 Å². The van der Waals surface area contributed by atoms with Crippen LogP contribution in [0.5, 0.6) is 0 Å². The summed E-state index contributed by atoms with van der Waals surface area (Å²) in [6, 6.07) is 0.461. The lowest BCUT2D eigenvalue weighted by atomic mass is 9.97. The van der Waals surface area contributed by atoms with Gasteiger partial charge in [0, 0.05) is 6.04 Å². The molecule has 1 heteroatoms. The van der Waals surface area contributed by atoms with Crippen molar-refractivity contribution in [1.82, 2.24) is 0 Å². The van der Waals surface area contributed by atoms with E-state index in [1.807, 2.05) is 0 Å². The van der Waals surface area contributed by atoms with Crippen molar-refractivity contribution in [2.24, 2.45) is 23.0 Å². The molecule has 1 fully saturated rings. The SMILES string of the molecule is CCC(C)C1C(N)C1(C)C. The third-order valence-electron chi connectivity index (χ3n) is 3.25. The van der Waals surface area contributed by atoms with E-state index in [2.05, 4.69) is 27.7 Å². The molecular formula is C9H19N. The fraction of sp³-hybridized carbons (Fsp3) is 1.00. The van der Waals surface area contributed by atoms with Gasteiger partial charge >= 0.3 is 0 Å². The van der Waals surface area contributed by atoms with Crippen LogP contribution < -0.4 is 5.73 Å². The van der Waals surface area contributed by atoms with Crippen LogP contribution in [-0.2, 0) is 0 Å². The fourth-order valence-corrected chi connectivity index (χ4v) is 2.06. The first-order valence-corrected chi connectivity index (χ1v) is 4.27. The average Bonchev–Trinajstić information content (AvgIpc) is 2.33. The summed E-state index contributed by atoms with van der Waals surface area (Å²) in [7, 11) is 0. The highest BCUT2D eigenvalue weighted by Crippen LogP contribution is 2.55. The van der Waals surface area contributed by atoms with Gasteiger partial charge in [0.05, 0.1) is 0 Å². The van der Waals surface area contributed by atoms with Crippen molar-refractivity contribution >= 4 is 0 Å². The first-order valence-electron chi connectivity index (χ1n) is 4.27. The lowest BCUT2D eigenvalue weighted by molar-refractivity contribution is 0.412. The van der Waals surface area contributed by atoms with E-state index >= 15 is 0 Å². The maximum absolute atomic E-state index is 5.92. The molecule has 0 aromatic heterocycles. The van der Waals surface area contributed by atoms with Crippen molar-refractivity contribution < 1.29 is 0 Å². The van der Waals surface area contributed by atoms with E-state index in [4.69, 9.17) is 5.73 Å². The monoisotopic (exact) mass is 141 g/mol. The van der Waals surface area contributed by atoms with Crippen molar-refractivity contribution in [2.45, 2.75) is 40.2 Å². The molecule has 0 aromatic rings. The Morgan fingerprint density at radius 3 is 2.00 bits per heavy atom. The van der Waals surface area contributed by atoms with Crippen molar-refractivity contribution in [3.63, 3.8) is 0 Å². The molecule has 1 saturated carbocycles. The lowest BCUT2D eigenvalue weighted by Gasteiger charge is -2.08. The summed E-state index contributed by atoms with van der Waals surface area (Å²) in [4.78, 5) is 0. The minimum absolute atomic E-state index is 0.426. The molecule has 2 N–H and O–H groups in total. The smallest absolute Gasteiger partial charge is 0.0130 e. The Bertz CT molecular complexity index is 129. The van der Waals surface area contributed by atoms with Crippen LogP contribution in [0.2, 0.25) is 0 Å². The fourth-order valence-electron chi connectivity index (χ4n) is 2.06. The normalized spacial score (nSPS) is 39.3. The molecule has 1 rings (SSSR count). The van der Waals surface area contributed by atoms with Crippen molar-refractivity contribution in [2.75, 3.05) is 0 Å². The molecule has 0 aromatic carbocycles. The molecule has 0 saturated heterocycles. The molecule has 1 nitrogen and oxygen atoms in total. The summed E-state index contributed by atoms with van der Waals surface area (Å²) in [5.41, 5.74) is 6.35. The molecule has 0 spiro atoms. The minimum Gasteiger partial charge on any atom is -0.327 e. The third kappa shape index (κ3) is 0.968. The van der Waals surface area contributed by atoms with E-state index in [1.165, 1.54) is 6.42 Å². The van der Waals surface area contributed by atoms with E-state index < -0.39 is 0 Å². The minimum atomic E-state index is 0.426. The van der Waals surface area contributed by atoms with Crippen molar-refractivity contribution in [3.05, 3.63) is 0 Å². The zero-order valence-electron chi connectivity index (χ0n) is 7.52. The topological polar surface area (TPSA) is 26.0 Å². The second-order valence-corrected chi connectivity index (χ2v) is 4.26. The average molecular weight is 141 g/mol. The van der Waals surface area contributed by atoms with Crippen LogP contribution in [0.15, 0.2) is 0 Å². The Balaban J connectivity index is 2.48. The summed E-state index contributed by atoms with van der Waals surface area (Å²) in [5, 5.41) is 0. The highest BCUT2D eigenvalue weighted by Gasteiger charge is 2.56. The Hall–Kier alpha value is -0.0400. The number of hydrogen-bond acceptors (Lipinski definition) is 1. The van der Waals surface area contributed by atoms with E-state index in [9.17, 15) is 0 Å². The van der Waals surface area contributed by atoms with Gasteiger partial charge in [-0.25, -0.2) is 0 Å². The predicted molar refractivity (Wildman–Crippen MR) is 44.7 cm³/mol. The molecule has 3 unspecified atom stereocenters. The van der Waals surface area contributed by atoms with Gasteiger partial charge in [-0.05, 0) is 17.3 Å². The summed E-state index contributed by atoms with van der Waals surface area (Å²) in [6.07, 6.45) is 1.27. The van der Waals surface area contributed by atoms with Crippen LogP contribution >= 0.6 is 0 Å². The first-order chi connectivity index (χ1) is 4.51. The Morgan fingerprint density at radius 1 is 1.50 bits per heavy atom. The quantitative estimate of drug-likeness (QED) is 0.625. The largest absolute Gasteiger partial charge is 0.327 e. The van der Waals surface area contributed by atoms with Crippen LogP contribution in [0.25, 0.3) is 0 Å². The molecule has 0 heterocycles. The van der Waals surface area contributed by atoms with Crippen LogP contribution in [0, 0.1) is 17.3 Å². The number of nitrogens with two attached hydrogens (primary N) is 1. The molecular weight excluding hydrogens is 122 g/mol. The van der Waals surface area contributed by atoms with Gasteiger partial charge in [-0.1, -0.05) is 34.1 Å². The third-order valence-corrected chi connectivity index (χ3v) is 3.25. The van der Waals surface area contributed by atoms with Gasteiger partial charge in [-0.3, -0.25) is 0 Å². The molecule has 1 aliphatic carbocycles. The van der Waals surface area contributed by atoms with Gasteiger partial charge in [0.15, 0.2) is 0 Å². The van der Waals surface area contributed by atoms with Crippen LogP contribution in [0.4, 0.5) is 0 Å². The number of rotatable bonds is 2. The Labute approximate surface area is 64.0 Å². The molecule has 0 bridgehead atoms. The molecule has 1 aliphatic rings. The Morgan fingerprint density at radius 2 is 1.90 bits per heavy atom. The molecule has 0 radical (unpaired) electrons. The second kappa shape index (κ2) is 2.23. The Kier molecular flexibility index (Phi) is 1.80. The number of hydrogen-bond donors (Lipinski definition) is 1. The molecule has 3 atom stereocenters. The van der Waals surface area contributed by atoms with Crippen molar-refractivity contribution in [1.29, 1.82) is 0 Å². The van der Waals surface area contributed by atoms with Gasteiger partial charge in [-0.2, -0.15) is 0 Å². The lowest BCUT2D eigenvalue weighted by Crippen LogP contribution is -2.08. The molecule has 0 amide bonds. The zero-order chi connectivity index (χ0) is 7.94. The summed E-state index contributed by atoms with van der Waals surface area (Å²) in [5.74, 6) is 1.59. The summed E-state index contributed by atoms with van der Waals surface area (Å²) >= 11 is 0. The highest BCUT2D eigenvalue weighted by atomic mass is 14.8. The standard InChI is InChI=1S/C9H19N/c1-5-6(2)7-8(10)9(7,3)4/h6-8H,5,10H2,1-4H3. The first kappa shape index (κ1) is 8.06. The molecule has 0 aliphatic heterocycles. The highest BCUT2D eigenvalue weighted by molar-refractivity contribution is 5.10. The summed E-state index contributed by atoms with van der Waals surface area (Å²) in [6.45, 7) is 9.09.